The normalized spacial score (nSPS) is 33.1. The minimum absolute atomic E-state index is 0.0515. The first-order valence-electron chi connectivity index (χ1n) is 7.93. The highest BCUT2D eigenvalue weighted by atomic mass is 16.5. The van der Waals surface area contributed by atoms with Gasteiger partial charge in [-0.2, -0.15) is 0 Å². The first-order chi connectivity index (χ1) is 9.80. The van der Waals surface area contributed by atoms with Gasteiger partial charge in [0.25, 0.3) is 0 Å². The molecule has 4 unspecified atom stereocenters. The molecule has 1 saturated heterocycles. The van der Waals surface area contributed by atoms with Gasteiger partial charge in [0.2, 0.25) is 5.91 Å². The third-order valence-corrected chi connectivity index (χ3v) is 4.77. The molecule has 21 heavy (non-hydrogen) atoms. The van der Waals surface area contributed by atoms with Crippen LogP contribution in [-0.4, -0.2) is 36.2 Å². The number of carbonyl (C=O) groups excluding carboxylic acids is 1. The predicted molar refractivity (Wildman–Crippen MR) is 78.8 cm³/mol. The molecule has 1 heterocycles. The monoisotopic (exact) mass is 297 g/mol. The number of hydrogen-bond donors (Lipinski definition) is 2. The van der Waals surface area contributed by atoms with Crippen LogP contribution in [-0.2, 0) is 14.3 Å². The zero-order valence-corrected chi connectivity index (χ0v) is 13.2. The molecule has 0 aromatic heterocycles. The van der Waals surface area contributed by atoms with E-state index in [9.17, 15) is 9.59 Å². The van der Waals surface area contributed by atoms with Crippen molar-refractivity contribution in [2.45, 2.75) is 52.6 Å². The zero-order chi connectivity index (χ0) is 15.6. The topological polar surface area (TPSA) is 75.6 Å². The van der Waals surface area contributed by atoms with Gasteiger partial charge in [0, 0.05) is 19.1 Å². The van der Waals surface area contributed by atoms with Crippen molar-refractivity contribution in [3.63, 3.8) is 0 Å². The van der Waals surface area contributed by atoms with E-state index in [1.54, 1.807) is 0 Å². The van der Waals surface area contributed by atoms with E-state index in [4.69, 9.17) is 9.84 Å². The van der Waals surface area contributed by atoms with E-state index in [0.717, 1.165) is 19.4 Å². The van der Waals surface area contributed by atoms with Crippen LogP contribution in [0.2, 0.25) is 0 Å². The van der Waals surface area contributed by atoms with Crippen LogP contribution in [0, 0.1) is 23.2 Å². The summed E-state index contributed by atoms with van der Waals surface area (Å²) < 4.78 is 5.90. The zero-order valence-electron chi connectivity index (χ0n) is 13.2. The SMILES string of the molecule is CC(C)(C)C1OCCCC1CNC(=O)C1CCC1C(=O)O. The number of amides is 1. The van der Waals surface area contributed by atoms with Crippen molar-refractivity contribution in [2.24, 2.45) is 23.2 Å². The van der Waals surface area contributed by atoms with E-state index in [0.29, 0.717) is 25.3 Å². The Bertz CT molecular complexity index is 402. The number of carboxylic acids is 1. The van der Waals surface area contributed by atoms with Crippen molar-refractivity contribution in [2.75, 3.05) is 13.2 Å². The molecule has 1 aliphatic heterocycles. The molecular weight excluding hydrogens is 270 g/mol. The highest BCUT2D eigenvalue weighted by Gasteiger charge is 2.42. The summed E-state index contributed by atoms with van der Waals surface area (Å²) in [5, 5.41) is 12.0. The molecule has 1 amide bonds. The lowest BCUT2D eigenvalue weighted by atomic mass is 9.73. The van der Waals surface area contributed by atoms with E-state index in [2.05, 4.69) is 26.1 Å². The van der Waals surface area contributed by atoms with Crippen molar-refractivity contribution in [1.29, 1.82) is 0 Å². The van der Waals surface area contributed by atoms with Gasteiger partial charge in [0.05, 0.1) is 17.9 Å². The van der Waals surface area contributed by atoms with Crippen molar-refractivity contribution >= 4 is 11.9 Å². The lowest BCUT2D eigenvalue weighted by molar-refractivity contribution is -0.153. The molecule has 2 rings (SSSR count). The summed E-state index contributed by atoms with van der Waals surface area (Å²) in [5.41, 5.74) is 0.0515. The van der Waals surface area contributed by atoms with Crippen LogP contribution in [0.1, 0.15) is 46.5 Å². The van der Waals surface area contributed by atoms with Gasteiger partial charge in [-0.05, 0) is 31.1 Å². The second-order valence-corrected chi connectivity index (χ2v) is 7.43. The summed E-state index contributed by atoms with van der Waals surface area (Å²) in [4.78, 5) is 23.1. The summed E-state index contributed by atoms with van der Waals surface area (Å²) in [6.07, 6.45) is 3.52. The lowest BCUT2D eigenvalue weighted by Crippen LogP contribution is -2.49. The van der Waals surface area contributed by atoms with Crippen molar-refractivity contribution in [3.05, 3.63) is 0 Å². The first-order valence-corrected chi connectivity index (χ1v) is 7.93. The second kappa shape index (κ2) is 6.34. The van der Waals surface area contributed by atoms with Crippen molar-refractivity contribution < 1.29 is 19.4 Å². The first kappa shape index (κ1) is 16.3. The highest BCUT2D eigenvalue weighted by Crippen LogP contribution is 2.36. The highest BCUT2D eigenvalue weighted by molar-refractivity contribution is 5.86. The molecule has 2 fully saturated rings. The van der Waals surface area contributed by atoms with Crippen molar-refractivity contribution in [3.8, 4) is 0 Å². The van der Waals surface area contributed by atoms with Gasteiger partial charge in [-0.25, -0.2) is 0 Å². The van der Waals surface area contributed by atoms with Gasteiger partial charge in [0.15, 0.2) is 0 Å². The number of carboxylic acid groups (broad SMARTS) is 1. The maximum Gasteiger partial charge on any atom is 0.307 e. The van der Waals surface area contributed by atoms with Crippen LogP contribution < -0.4 is 5.32 Å². The summed E-state index contributed by atoms with van der Waals surface area (Å²) in [6.45, 7) is 7.85. The van der Waals surface area contributed by atoms with Crippen LogP contribution in [0.4, 0.5) is 0 Å². The number of nitrogens with one attached hydrogen (secondary N) is 1. The summed E-state index contributed by atoms with van der Waals surface area (Å²) >= 11 is 0. The van der Waals surface area contributed by atoms with E-state index < -0.39 is 11.9 Å². The maximum absolute atomic E-state index is 12.1. The molecule has 0 radical (unpaired) electrons. The maximum atomic E-state index is 12.1. The fraction of sp³-hybridized carbons (Fsp3) is 0.875. The number of carbonyl (C=O) groups is 2. The average Bonchev–Trinajstić information content (AvgIpc) is 2.33. The fourth-order valence-corrected chi connectivity index (χ4v) is 3.48. The van der Waals surface area contributed by atoms with Gasteiger partial charge in [-0.15, -0.1) is 0 Å². The minimum atomic E-state index is -0.852. The van der Waals surface area contributed by atoms with Gasteiger partial charge >= 0.3 is 5.97 Å². The fourth-order valence-electron chi connectivity index (χ4n) is 3.48. The van der Waals surface area contributed by atoms with Gasteiger partial charge in [-0.3, -0.25) is 9.59 Å². The van der Waals surface area contributed by atoms with Gasteiger partial charge in [-0.1, -0.05) is 20.8 Å². The van der Waals surface area contributed by atoms with E-state index in [1.165, 1.54) is 0 Å². The van der Waals surface area contributed by atoms with Crippen LogP contribution >= 0.6 is 0 Å². The standard InChI is InChI=1S/C16H27NO4/c1-16(2,3)13-10(5-4-8-21-13)9-17-14(18)11-6-7-12(11)15(19)20/h10-13H,4-9H2,1-3H3,(H,17,18)(H,19,20). The molecule has 1 saturated carbocycles. The summed E-state index contributed by atoms with van der Waals surface area (Å²) in [6, 6.07) is 0. The predicted octanol–water partition coefficient (Wildman–Crippen LogP) is 2.05. The van der Waals surface area contributed by atoms with Gasteiger partial charge < -0.3 is 15.2 Å². The Morgan fingerprint density at radius 1 is 1.19 bits per heavy atom. The minimum Gasteiger partial charge on any atom is -0.481 e. The average molecular weight is 297 g/mol. The Hall–Kier alpha value is -1.10. The molecule has 4 atom stereocenters. The molecule has 0 aromatic carbocycles. The molecule has 2 aliphatic rings. The molecule has 2 N–H and O–H groups in total. The molecule has 120 valence electrons. The lowest BCUT2D eigenvalue weighted by Gasteiger charge is -2.40. The largest absolute Gasteiger partial charge is 0.481 e. The Labute approximate surface area is 126 Å². The van der Waals surface area contributed by atoms with Crippen LogP contribution in [0.15, 0.2) is 0 Å². The molecule has 0 spiro atoms. The molecular formula is C16H27NO4. The van der Waals surface area contributed by atoms with E-state index in [-0.39, 0.29) is 23.3 Å². The van der Waals surface area contributed by atoms with E-state index in [1.807, 2.05) is 0 Å². The Kier molecular flexibility index (Phi) is 4.91. The molecule has 5 heteroatoms. The van der Waals surface area contributed by atoms with Crippen LogP contribution in [0.3, 0.4) is 0 Å². The summed E-state index contributed by atoms with van der Waals surface area (Å²) in [7, 11) is 0. The Morgan fingerprint density at radius 3 is 2.38 bits per heavy atom. The smallest absolute Gasteiger partial charge is 0.307 e. The van der Waals surface area contributed by atoms with Crippen molar-refractivity contribution in [1.82, 2.24) is 5.32 Å². The molecule has 0 bridgehead atoms. The third kappa shape index (κ3) is 3.76. The van der Waals surface area contributed by atoms with Crippen LogP contribution in [0.5, 0.6) is 0 Å². The van der Waals surface area contributed by atoms with Crippen LogP contribution in [0.25, 0.3) is 0 Å². The molecule has 1 aliphatic carbocycles. The Balaban J connectivity index is 1.86. The third-order valence-electron chi connectivity index (χ3n) is 4.77. The number of ether oxygens (including phenoxy) is 1. The van der Waals surface area contributed by atoms with E-state index >= 15 is 0 Å². The number of hydrogen-bond acceptors (Lipinski definition) is 3. The molecule has 5 nitrogen and oxygen atoms in total. The summed E-state index contributed by atoms with van der Waals surface area (Å²) in [5.74, 6) is -1.49. The quantitative estimate of drug-likeness (QED) is 0.833. The number of aliphatic carboxylic acids is 1. The molecule has 0 aromatic rings. The number of rotatable bonds is 4. The van der Waals surface area contributed by atoms with Gasteiger partial charge in [0.1, 0.15) is 0 Å². The Morgan fingerprint density at radius 2 is 1.86 bits per heavy atom. The second-order valence-electron chi connectivity index (χ2n) is 7.43.